The van der Waals surface area contributed by atoms with Crippen LogP contribution in [-0.2, 0) is 19.5 Å². The van der Waals surface area contributed by atoms with Crippen LogP contribution in [0.15, 0.2) is 65.3 Å². The SMILES string of the molecule is Nc1ccc(-c2ncc3c(n2)CCN(Cc2cc(-c4ccc(F)cc4)on2)C3)cc1. The summed E-state index contributed by atoms with van der Waals surface area (Å²) < 4.78 is 18.5. The molecule has 0 saturated carbocycles. The third kappa shape index (κ3) is 3.79. The number of fused-ring (bicyclic) bond motifs is 1. The highest BCUT2D eigenvalue weighted by Gasteiger charge is 2.20. The lowest BCUT2D eigenvalue weighted by atomic mass is 10.1. The van der Waals surface area contributed by atoms with Crippen molar-refractivity contribution in [2.75, 3.05) is 12.3 Å². The number of nitrogen functional groups attached to an aromatic ring is 1. The Morgan fingerprint density at radius 1 is 1.03 bits per heavy atom. The molecule has 2 aromatic heterocycles. The first-order chi connectivity index (χ1) is 14.6. The van der Waals surface area contributed by atoms with Gasteiger partial charge in [0.05, 0.1) is 11.4 Å². The monoisotopic (exact) mass is 401 g/mol. The van der Waals surface area contributed by atoms with Crippen LogP contribution in [0.5, 0.6) is 0 Å². The second kappa shape index (κ2) is 7.68. The molecule has 2 N–H and O–H groups in total. The molecular formula is C23H20FN5O. The molecule has 4 aromatic rings. The predicted molar refractivity (Wildman–Crippen MR) is 112 cm³/mol. The Hall–Kier alpha value is -3.58. The third-order valence-electron chi connectivity index (χ3n) is 5.26. The molecule has 1 aliphatic rings. The number of nitrogens with two attached hydrogens (primary N) is 1. The summed E-state index contributed by atoms with van der Waals surface area (Å²) in [6.07, 6.45) is 2.76. The fourth-order valence-corrected chi connectivity index (χ4v) is 3.65. The molecule has 1 aliphatic heterocycles. The molecule has 0 fully saturated rings. The summed E-state index contributed by atoms with van der Waals surface area (Å²) >= 11 is 0. The van der Waals surface area contributed by atoms with Crippen LogP contribution in [0.2, 0.25) is 0 Å². The fourth-order valence-electron chi connectivity index (χ4n) is 3.65. The van der Waals surface area contributed by atoms with E-state index in [4.69, 9.17) is 15.2 Å². The van der Waals surface area contributed by atoms with E-state index in [1.54, 1.807) is 12.1 Å². The van der Waals surface area contributed by atoms with Gasteiger partial charge in [0.15, 0.2) is 11.6 Å². The molecule has 3 heterocycles. The summed E-state index contributed by atoms with van der Waals surface area (Å²) in [5.41, 5.74) is 11.3. The summed E-state index contributed by atoms with van der Waals surface area (Å²) in [5, 5.41) is 4.17. The van der Waals surface area contributed by atoms with Gasteiger partial charge in [0, 0.05) is 60.7 Å². The highest BCUT2D eigenvalue weighted by atomic mass is 19.1. The number of hydrogen-bond donors (Lipinski definition) is 1. The second-order valence-corrected chi connectivity index (χ2v) is 7.44. The smallest absolute Gasteiger partial charge is 0.167 e. The van der Waals surface area contributed by atoms with E-state index in [2.05, 4.69) is 15.0 Å². The Labute approximate surface area is 173 Å². The lowest BCUT2D eigenvalue weighted by Crippen LogP contribution is -2.31. The molecule has 0 unspecified atom stereocenters. The molecule has 2 aromatic carbocycles. The molecule has 150 valence electrons. The third-order valence-corrected chi connectivity index (χ3v) is 5.26. The number of anilines is 1. The zero-order chi connectivity index (χ0) is 20.5. The first-order valence-corrected chi connectivity index (χ1v) is 9.79. The van der Waals surface area contributed by atoms with Crippen molar-refractivity contribution in [1.82, 2.24) is 20.0 Å². The van der Waals surface area contributed by atoms with Gasteiger partial charge in [0.1, 0.15) is 5.82 Å². The number of hydrogen-bond acceptors (Lipinski definition) is 6. The summed E-state index contributed by atoms with van der Waals surface area (Å²) in [6.45, 7) is 2.31. The topological polar surface area (TPSA) is 81.1 Å². The Morgan fingerprint density at radius 3 is 2.60 bits per heavy atom. The summed E-state index contributed by atoms with van der Waals surface area (Å²) in [6, 6.07) is 15.7. The minimum absolute atomic E-state index is 0.271. The normalized spacial score (nSPS) is 13.9. The van der Waals surface area contributed by atoms with Gasteiger partial charge >= 0.3 is 0 Å². The minimum Gasteiger partial charge on any atom is -0.399 e. The van der Waals surface area contributed by atoms with Crippen molar-refractivity contribution >= 4 is 5.69 Å². The first kappa shape index (κ1) is 18.4. The highest BCUT2D eigenvalue weighted by molar-refractivity contribution is 5.59. The van der Waals surface area contributed by atoms with Crippen LogP contribution >= 0.6 is 0 Å². The molecule has 7 heteroatoms. The molecule has 5 rings (SSSR count). The van der Waals surface area contributed by atoms with E-state index in [1.807, 2.05) is 36.5 Å². The molecule has 0 spiro atoms. The van der Waals surface area contributed by atoms with Crippen molar-refractivity contribution < 1.29 is 8.91 Å². The molecular weight excluding hydrogens is 381 g/mol. The van der Waals surface area contributed by atoms with E-state index in [0.717, 1.165) is 59.1 Å². The van der Waals surface area contributed by atoms with Crippen LogP contribution in [0.25, 0.3) is 22.7 Å². The Kier molecular flexibility index (Phi) is 4.72. The Bertz CT molecular complexity index is 1170. The molecule has 0 bridgehead atoms. The van der Waals surface area contributed by atoms with Crippen molar-refractivity contribution in [1.29, 1.82) is 0 Å². The van der Waals surface area contributed by atoms with Gasteiger partial charge in [-0.1, -0.05) is 5.16 Å². The van der Waals surface area contributed by atoms with Crippen LogP contribution in [-0.4, -0.2) is 26.6 Å². The van der Waals surface area contributed by atoms with Crippen molar-refractivity contribution in [2.45, 2.75) is 19.5 Å². The average Bonchev–Trinajstić information content (AvgIpc) is 3.23. The van der Waals surface area contributed by atoms with E-state index in [1.165, 1.54) is 12.1 Å². The number of rotatable bonds is 4. The van der Waals surface area contributed by atoms with Gasteiger partial charge in [0.25, 0.3) is 0 Å². The van der Waals surface area contributed by atoms with Crippen LogP contribution in [0.4, 0.5) is 10.1 Å². The maximum absolute atomic E-state index is 13.1. The van der Waals surface area contributed by atoms with E-state index < -0.39 is 0 Å². The molecule has 0 radical (unpaired) electrons. The van der Waals surface area contributed by atoms with Gasteiger partial charge in [-0.15, -0.1) is 0 Å². The molecule has 30 heavy (non-hydrogen) atoms. The molecule has 0 amide bonds. The van der Waals surface area contributed by atoms with Crippen LogP contribution in [0, 0.1) is 5.82 Å². The highest BCUT2D eigenvalue weighted by Crippen LogP contribution is 2.24. The van der Waals surface area contributed by atoms with Crippen molar-refractivity contribution in [2.24, 2.45) is 0 Å². The zero-order valence-corrected chi connectivity index (χ0v) is 16.3. The van der Waals surface area contributed by atoms with Gasteiger partial charge in [-0.2, -0.15) is 0 Å². The quantitative estimate of drug-likeness (QED) is 0.519. The number of benzene rings is 2. The fraction of sp³-hybridized carbons (Fsp3) is 0.174. The van der Waals surface area contributed by atoms with Gasteiger partial charge in [-0.25, -0.2) is 14.4 Å². The van der Waals surface area contributed by atoms with Crippen LogP contribution in [0.3, 0.4) is 0 Å². The first-order valence-electron chi connectivity index (χ1n) is 9.79. The summed E-state index contributed by atoms with van der Waals surface area (Å²) in [7, 11) is 0. The lowest BCUT2D eigenvalue weighted by Gasteiger charge is -2.27. The largest absolute Gasteiger partial charge is 0.399 e. The molecule has 6 nitrogen and oxygen atoms in total. The molecule has 0 aliphatic carbocycles. The standard InChI is InChI=1S/C23H20FN5O/c24-18-5-1-15(2-6-18)22-11-20(28-30-22)14-29-10-9-21-17(13-29)12-26-23(27-21)16-3-7-19(25)8-4-16/h1-8,11-12H,9-10,13-14,25H2. The van der Waals surface area contributed by atoms with Gasteiger partial charge in [-0.05, 0) is 48.5 Å². The second-order valence-electron chi connectivity index (χ2n) is 7.44. The van der Waals surface area contributed by atoms with Gasteiger partial charge in [-0.3, -0.25) is 4.90 Å². The Balaban J connectivity index is 1.28. The predicted octanol–water partition coefficient (Wildman–Crippen LogP) is 4.08. The average molecular weight is 401 g/mol. The summed E-state index contributed by atoms with van der Waals surface area (Å²) in [4.78, 5) is 11.6. The van der Waals surface area contributed by atoms with E-state index in [9.17, 15) is 4.39 Å². The van der Waals surface area contributed by atoms with Crippen LogP contribution in [0.1, 0.15) is 17.0 Å². The van der Waals surface area contributed by atoms with E-state index in [0.29, 0.717) is 12.3 Å². The van der Waals surface area contributed by atoms with Crippen molar-refractivity contribution in [3.63, 3.8) is 0 Å². The van der Waals surface area contributed by atoms with E-state index >= 15 is 0 Å². The van der Waals surface area contributed by atoms with Gasteiger partial charge in [0.2, 0.25) is 0 Å². The van der Waals surface area contributed by atoms with Gasteiger partial charge < -0.3 is 10.3 Å². The number of halogens is 1. The maximum Gasteiger partial charge on any atom is 0.167 e. The maximum atomic E-state index is 13.1. The molecule has 0 saturated heterocycles. The number of nitrogens with zero attached hydrogens (tertiary/aromatic N) is 4. The van der Waals surface area contributed by atoms with Crippen molar-refractivity contribution in [3.05, 3.63) is 83.6 Å². The number of aromatic nitrogens is 3. The lowest BCUT2D eigenvalue weighted by molar-refractivity contribution is 0.235. The van der Waals surface area contributed by atoms with Crippen LogP contribution < -0.4 is 5.73 Å². The van der Waals surface area contributed by atoms with E-state index in [-0.39, 0.29) is 5.82 Å². The Morgan fingerprint density at radius 2 is 1.80 bits per heavy atom. The minimum atomic E-state index is -0.271. The zero-order valence-electron chi connectivity index (χ0n) is 16.3. The van der Waals surface area contributed by atoms with Crippen molar-refractivity contribution in [3.8, 4) is 22.7 Å². The molecule has 0 atom stereocenters. The summed E-state index contributed by atoms with van der Waals surface area (Å²) in [5.74, 6) is 1.09.